The average Bonchev–Trinajstić information content (AvgIpc) is 2.75. The van der Waals surface area contributed by atoms with Crippen LogP contribution in [0.4, 0.5) is 0 Å². The summed E-state index contributed by atoms with van der Waals surface area (Å²) in [5.74, 6) is 1.75. The molecule has 0 saturated heterocycles. The lowest BCUT2D eigenvalue weighted by molar-refractivity contribution is -0.108. The fourth-order valence-corrected chi connectivity index (χ4v) is 3.67. The van der Waals surface area contributed by atoms with Gasteiger partial charge in [0.1, 0.15) is 6.29 Å². The number of benzene rings is 1. The maximum absolute atomic E-state index is 10.9. The smallest absolute Gasteiger partial charge is 0.127 e. The average molecular weight is 228 g/mol. The minimum absolute atomic E-state index is 0.0444. The second-order valence-corrected chi connectivity index (χ2v) is 5.74. The Bertz CT molecular complexity index is 435. The monoisotopic (exact) mass is 228 g/mol. The van der Waals surface area contributed by atoms with E-state index in [4.69, 9.17) is 0 Å². The van der Waals surface area contributed by atoms with E-state index in [1.807, 2.05) is 6.92 Å². The molecule has 1 nitrogen and oxygen atoms in total. The maximum Gasteiger partial charge on any atom is 0.127 e. The predicted molar refractivity (Wildman–Crippen MR) is 69.3 cm³/mol. The van der Waals surface area contributed by atoms with Crippen molar-refractivity contribution >= 4 is 6.29 Å². The molecule has 0 amide bonds. The molecule has 17 heavy (non-hydrogen) atoms. The molecule has 90 valence electrons. The standard InChI is InChI=1S/C16H20O/c1-11(10-17)12-6-7-16-14(8-12)9-13-4-2-3-5-15(13)16/h6-8,10-11,13,15H,2-5,9H2,1H3/t11-,13-,15+/m1/s1. The zero-order valence-electron chi connectivity index (χ0n) is 10.5. The number of aldehydes is 1. The molecule has 1 aromatic carbocycles. The number of carbonyl (C=O) groups excluding carboxylic acids is 1. The van der Waals surface area contributed by atoms with Gasteiger partial charge in [-0.25, -0.2) is 0 Å². The molecule has 3 atom stereocenters. The number of fused-ring (bicyclic) bond motifs is 3. The highest BCUT2D eigenvalue weighted by Crippen LogP contribution is 2.46. The first-order valence-corrected chi connectivity index (χ1v) is 6.87. The third-order valence-electron chi connectivity index (χ3n) is 4.69. The highest BCUT2D eigenvalue weighted by molar-refractivity contribution is 5.62. The fraction of sp³-hybridized carbons (Fsp3) is 0.562. The molecule has 3 rings (SSSR count). The summed E-state index contributed by atoms with van der Waals surface area (Å²) >= 11 is 0. The topological polar surface area (TPSA) is 17.1 Å². The second kappa shape index (κ2) is 4.29. The molecule has 0 aromatic heterocycles. The van der Waals surface area contributed by atoms with E-state index in [0.29, 0.717) is 0 Å². The quantitative estimate of drug-likeness (QED) is 0.703. The molecule has 0 unspecified atom stereocenters. The molecular formula is C16H20O. The molecular weight excluding hydrogens is 208 g/mol. The van der Waals surface area contributed by atoms with Crippen LogP contribution >= 0.6 is 0 Å². The van der Waals surface area contributed by atoms with Crippen molar-refractivity contribution in [2.24, 2.45) is 5.92 Å². The van der Waals surface area contributed by atoms with Crippen LogP contribution in [0.3, 0.4) is 0 Å². The van der Waals surface area contributed by atoms with E-state index in [-0.39, 0.29) is 5.92 Å². The van der Waals surface area contributed by atoms with Gasteiger partial charge in [0.15, 0.2) is 0 Å². The first-order chi connectivity index (χ1) is 8.29. The van der Waals surface area contributed by atoms with Crippen molar-refractivity contribution in [1.29, 1.82) is 0 Å². The summed E-state index contributed by atoms with van der Waals surface area (Å²) in [6, 6.07) is 6.74. The molecule has 1 saturated carbocycles. The number of hydrogen-bond acceptors (Lipinski definition) is 1. The third kappa shape index (κ3) is 1.82. The summed E-state index contributed by atoms with van der Waals surface area (Å²) < 4.78 is 0. The van der Waals surface area contributed by atoms with Gasteiger partial charge >= 0.3 is 0 Å². The van der Waals surface area contributed by atoms with Crippen LogP contribution in [0.5, 0.6) is 0 Å². The Hall–Kier alpha value is -1.11. The van der Waals surface area contributed by atoms with Crippen LogP contribution < -0.4 is 0 Å². The molecule has 0 radical (unpaired) electrons. The van der Waals surface area contributed by atoms with Gasteiger partial charge in [-0.05, 0) is 47.8 Å². The van der Waals surface area contributed by atoms with Crippen molar-refractivity contribution in [3.8, 4) is 0 Å². The van der Waals surface area contributed by atoms with Crippen LogP contribution in [0.25, 0.3) is 0 Å². The van der Waals surface area contributed by atoms with Gasteiger partial charge in [-0.1, -0.05) is 38.0 Å². The van der Waals surface area contributed by atoms with Crippen LogP contribution in [-0.2, 0) is 11.2 Å². The summed E-state index contributed by atoms with van der Waals surface area (Å²) in [6.07, 6.45) is 7.88. The van der Waals surface area contributed by atoms with Crippen molar-refractivity contribution < 1.29 is 4.79 Å². The molecule has 0 bridgehead atoms. The Morgan fingerprint density at radius 1 is 1.29 bits per heavy atom. The van der Waals surface area contributed by atoms with E-state index in [0.717, 1.165) is 18.1 Å². The third-order valence-corrected chi connectivity index (χ3v) is 4.69. The molecule has 0 N–H and O–H groups in total. The largest absolute Gasteiger partial charge is 0.303 e. The summed E-state index contributed by atoms with van der Waals surface area (Å²) in [7, 11) is 0. The summed E-state index contributed by atoms with van der Waals surface area (Å²) in [5, 5.41) is 0. The summed E-state index contributed by atoms with van der Waals surface area (Å²) in [4.78, 5) is 10.9. The van der Waals surface area contributed by atoms with E-state index in [1.165, 1.54) is 43.2 Å². The van der Waals surface area contributed by atoms with Crippen LogP contribution in [0.15, 0.2) is 18.2 Å². The van der Waals surface area contributed by atoms with Crippen molar-refractivity contribution in [1.82, 2.24) is 0 Å². The van der Waals surface area contributed by atoms with E-state index >= 15 is 0 Å². The summed E-state index contributed by atoms with van der Waals surface area (Å²) in [6.45, 7) is 1.98. The SMILES string of the molecule is C[C@H](C=O)c1ccc2c(c1)C[C@H]1CCCC[C@H]21. The number of rotatable bonds is 2. The van der Waals surface area contributed by atoms with Crippen molar-refractivity contribution in [2.45, 2.75) is 50.9 Å². The van der Waals surface area contributed by atoms with E-state index in [9.17, 15) is 4.79 Å². The van der Waals surface area contributed by atoms with Gasteiger partial charge in [-0.15, -0.1) is 0 Å². The molecule has 1 aromatic rings. The molecule has 1 heteroatoms. The zero-order chi connectivity index (χ0) is 11.8. The van der Waals surface area contributed by atoms with Gasteiger partial charge in [-0.3, -0.25) is 0 Å². The minimum Gasteiger partial charge on any atom is -0.303 e. The number of carbonyl (C=O) groups is 1. The minimum atomic E-state index is 0.0444. The highest BCUT2D eigenvalue weighted by Gasteiger charge is 2.34. The Labute approximate surface area is 103 Å². The molecule has 0 heterocycles. The van der Waals surface area contributed by atoms with E-state index in [2.05, 4.69) is 18.2 Å². The normalized spacial score (nSPS) is 28.3. The molecule has 2 aliphatic rings. The van der Waals surface area contributed by atoms with E-state index in [1.54, 1.807) is 5.56 Å². The Kier molecular flexibility index (Phi) is 2.78. The lowest BCUT2D eigenvalue weighted by Crippen LogP contribution is -2.12. The fourth-order valence-electron chi connectivity index (χ4n) is 3.67. The van der Waals surface area contributed by atoms with Gasteiger partial charge < -0.3 is 4.79 Å². The first kappa shape index (κ1) is 11.0. The molecule has 2 aliphatic carbocycles. The molecule has 0 aliphatic heterocycles. The van der Waals surface area contributed by atoms with E-state index < -0.39 is 0 Å². The number of hydrogen-bond donors (Lipinski definition) is 0. The first-order valence-electron chi connectivity index (χ1n) is 6.87. The van der Waals surface area contributed by atoms with Gasteiger partial charge in [0.05, 0.1) is 0 Å². The summed E-state index contributed by atoms with van der Waals surface area (Å²) in [5.41, 5.74) is 4.29. The van der Waals surface area contributed by atoms with Crippen LogP contribution in [0.2, 0.25) is 0 Å². The predicted octanol–water partition coefficient (Wildman–Crippen LogP) is 3.82. The zero-order valence-corrected chi connectivity index (χ0v) is 10.5. The maximum atomic E-state index is 10.9. The Morgan fingerprint density at radius 3 is 2.94 bits per heavy atom. The Balaban J connectivity index is 1.93. The van der Waals surface area contributed by atoms with Gasteiger partial charge in [0, 0.05) is 5.92 Å². The lowest BCUT2D eigenvalue weighted by atomic mass is 9.80. The molecule has 1 fully saturated rings. The van der Waals surface area contributed by atoms with Crippen molar-refractivity contribution in [3.05, 3.63) is 34.9 Å². The van der Waals surface area contributed by atoms with Crippen molar-refractivity contribution in [3.63, 3.8) is 0 Å². The lowest BCUT2D eigenvalue weighted by Gasteiger charge is -2.25. The highest BCUT2D eigenvalue weighted by atomic mass is 16.1. The van der Waals surface area contributed by atoms with Crippen LogP contribution in [0.1, 0.15) is 61.1 Å². The van der Waals surface area contributed by atoms with Gasteiger partial charge in [0.2, 0.25) is 0 Å². The second-order valence-electron chi connectivity index (χ2n) is 5.74. The van der Waals surface area contributed by atoms with Crippen molar-refractivity contribution in [2.75, 3.05) is 0 Å². The Morgan fingerprint density at radius 2 is 2.12 bits per heavy atom. The van der Waals surface area contributed by atoms with Crippen LogP contribution in [-0.4, -0.2) is 6.29 Å². The van der Waals surface area contributed by atoms with Gasteiger partial charge in [-0.2, -0.15) is 0 Å². The van der Waals surface area contributed by atoms with Gasteiger partial charge in [0.25, 0.3) is 0 Å². The molecule has 0 spiro atoms. The van der Waals surface area contributed by atoms with Crippen LogP contribution in [0, 0.1) is 5.92 Å².